The number of hydrogen-bond donors (Lipinski definition) is 1. The number of amides is 1. The van der Waals surface area contributed by atoms with Gasteiger partial charge in [-0.2, -0.15) is 15.1 Å². The highest BCUT2D eigenvalue weighted by atomic mass is 19.3. The van der Waals surface area contributed by atoms with Crippen LogP contribution in [-0.2, 0) is 4.74 Å². The fraction of sp³-hybridized carbons (Fsp3) is 0.609. The molecule has 190 valence electrons. The topological polar surface area (TPSA) is 111 Å². The molecule has 0 bridgehead atoms. The average Bonchev–Trinajstić information content (AvgIpc) is 3.44. The van der Waals surface area contributed by atoms with Crippen LogP contribution in [0.5, 0.6) is 5.88 Å². The summed E-state index contributed by atoms with van der Waals surface area (Å²) in [5, 5.41) is 7.33. The molecular formula is C23H30F2N6O4. The Morgan fingerprint density at radius 1 is 1.23 bits per heavy atom. The first-order valence-electron chi connectivity index (χ1n) is 11.7. The first kappa shape index (κ1) is 24.8. The van der Waals surface area contributed by atoms with Crippen molar-refractivity contribution < 1.29 is 27.8 Å². The summed E-state index contributed by atoms with van der Waals surface area (Å²) >= 11 is 0. The molecule has 1 N–H and O–H groups in total. The molecule has 0 radical (unpaired) electrons. The highest BCUT2D eigenvalue weighted by Gasteiger charge is 2.35. The van der Waals surface area contributed by atoms with Gasteiger partial charge in [-0.25, -0.2) is 18.3 Å². The molecule has 4 rings (SSSR count). The number of anilines is 1. The fourth-order valence-electron chi connectivity index (χ4n) is 4.04. The van der Waals surface area contributed by atoms with Crippen molar-refractivity contribution in [3.63, 3.8) is 0 Å². The van der Waals surface area contributed by atoms with Crippen molar-refractivity contribution in [2.75, 3.05) is 18.4 Å². The van der Waals surface area contributed by atoms with Crippen LogP contribution in [0.15, 0.2) is 18.3 Å². The van der Waals surface area contributed by atoms with E-state index in [2.05, 4.69) is 20.4 Å². The molecule has 1 aliphatic carbocycles. The van der Waals surface area contributed by atoms with Gasteiger partial charge in [0.2, 0.25) is 11.8 Å². The molecule has 35 heavy (non-hydrogen) atoms. The van der Waals surface area contributed by atoms with E-state index in [1.54, 1.807) is 17.2 Å². The fourth-order valence-corrected chi connectivity index (χ4v) is 4.04. The van der Waals surface area contributed by atoms with Gasteiger partial charge in [0.15, 0.2) is 6.29 Å². The van der Waals surface area contributed by atoms with Crippen LogP contribution in [0.25, 0.3) is 5.95 Å². The maximum Gasteiger partial charge on any atom is 0.410 e. The summed E-state index contributed by atoms with van der Waals surface area (Å²) in [7, 11) is 0. The van der Waals surface area contributed by atoms with E-state index in [0.717, 1.165) is 0 Å². The van der Waals surface area contributed by atoms with Crippen LogP contribution in [-0.4, -0.2) is 73.8 Å². The van der Waals surface area contributed by atoms with Gasteiger partial charge in [0.05, 0.1) is 6.54 Å². The first-order chi connectivity index (χ1) is 16.5. The lowest BCUT2D eigenvalue weighted by atomic mass is 9.92. The highest BCUT2D eigenvalue weighted by molar-refractivity contribution is 5.71. The van der Waals surface area contributed by atoms with Crippen LogP contribution in [0.1, 0.15) is 63.4 Å². The van der Waals surface area contributed by atoms with E-state index in [1.807, 2.05) is 20.8 Å². The predicted molar refractivity (Wildman–Crippen MR) is 122 cm³/mol. The molecule has 1 amide bonds. The number of rotatable bonds is 6. The van der Waals surface area contributed by atoms with Crippen molar-refractivity contribution in [1.82, 2.24) is 24.6 Å². The molecule has 1 unspecified atom stereocenters. The third-order valence-electron chi connectivity index (χ3n) is 5.78. The van der Waals surface area contributed by atoms with Crippen LogP contribution >= 0.6 is 0 Å². The zero-order valence-electron chi connectivity index (χ0n) is 20.0. The Morgan fingerprint density at radius 3 is 2.63 bits per heavy atom. The molecule has 1 saturated carbocycles. The summed E-state index contributed by atoms with van der Waals surface area (Å²) < 4.78 is 40.0. The monoisotopic (exact) mass is 492 g/mol. The lowest BCUT2D eigenvalue weighted by Crippen LogP contribution is -2.36. The number of aromatic nitrogens is 4. The Hall–Kier alpha value is -3.31. The molecule has 1 saturated heterocycles. The van der Waals surface area contributed by atoms with Gasteiger partial charge < -0.3 is 19.7 Å². The van der Waals surface area contributed by atoms with Crippen molar-refractivity contribution in [3.8, 4) is 11.8 Å². The predicted octanol–water partition coefficient (Wildman–Crippen LogP) is 3.85. The van der Waals surface area contributed by atoms with E-state index in [9.17, 15) is 18.4 Å². The normalized spacial score (nSPS) is 20.5. The SMILES string of the molecule is CC(C)(C)OC(=O)N1CCC(Oc2cc(NC3CCC(F)(F)CC3)nc(-n3ccc(C=O)n3)n2)C1. The minimum Gasteiger partial charge on any atom is -0.472 e. The van der Waals surface area contributed by atoms with E-state index in [4.69, 9.17) is 9.47 Å². The van der Waals surface area contributed by atoms with Crippen LogP contribution in [0.4, 0.5) is 19.4 Å². The summed E-state index contributed by atoms with van der Waals surface area (Å²) in [6, 6.07) is 2.97. The molecular weight excluding hydrogens is 462 g/mol. The minimum atomic E-state index is -2.63. The van der Waals surface area contributed by atoms with Gasteiger partial charge in [0.1, 0.15) is 23.2 Å². The Balaban J connectivity index is 1.50. The number of carbonyl (C=O) groups excluding carboxylic acids is 2. The molecule has 0 spiro atoms. The standard InChI is InChI=1S/C23H30F2N6O4/c1-22(2,3)35-21(33)30-10-7-17(13-30)34-19-12-18(26-15-4-8-23(24,25)9-5-15)27-20(28-19)31-11-6-16(14-32)29-31/h6,11-12,14-15,17H,4-5,7-10,13H2,1-3H3,(H,26,27,28). The number of likely N-dealkylation sites (tertiary alicyclic amines) is 1. The van der Waals surface area contributed by atoms with E-state index in [1.165, 1.54) is 10.7 Å². The number of alkyl halides is 2. The molecule has 2 aliphatic rings. The first-order valence-corrected chi connectivity index (χ1v) is 11.7. The third kappa shape index (κ3) is 6.64. The van der Waals surface area contributed by atoms with Gasteiger partial charge in [-0.3, -0.25) is 4.79 Å². The number of nitrogens with one attached hydrogen (secondary N) is 1. The molecule has 2 fully saturated rings. The number of carbonyl (C=O) groups is 2. The molecule has 2 aromatic rings. The lowest BCUT2D eigenvalue weighted by Gasteiger charge is -2.29. The second-order valence-corrected chi connectivity index (χ2v) is 9.92. The van der Waals surface area contributed by atoms with Gasteiger partial charge >= 0.3 is 6.09 Å². The van der Waals surface area contributed by atoms with Crippen molar-refractivity contribution in [2.24, 2.45) is 0 Å². The number of ether oxygens (including phenoxy) is 2. The quantitative estimate of drug-likeness (QED) is 0.606. The summed E-state index contributed by atoms with van der Waals surface area (Å²) in [5.41, 5.74) is -0.376. The summed E-state index contributed by atoms with van der Waals surface area (Å²) in [6.07, 6.45) is 2.30. The average molecular weight is 493 g/mol. The van der Waals surface area contributed by atoms with Crippen molar-refractivity contribution in [3.05, 3.63) is 24.0 Å². The van der Waals surface area contributed by atoms with Gasteiger partial charge in [0, 0.05) is 44.1 Å². The molecule has 10 nitrogen and oxygen atoms in total. The van der Waals surface area contributed by atoms with Crippen molar-refractivity contribution in [1.29, 1.82) is 0 Å². The molecule has 1 atom stereocenters. The van der Waals surface area contributed by atoms with Crippen LogP contribution < -0.4 is 10.1 Å². The number of halogens is 2. The zero-order valence-corrected chi connectivity index (χ0v) is 20.0. The third-order valence-corrected chi connectivity index (χ3v) is 5.78. The largest absolute Gasteiger partial charge is 0.472 e. The Bertz CT molecular complexity index is 1060. The van der Waals surface area contributed by atoms with Crippen molar-refractivity contribution in [2.45, 2.75) is 76.5 Å². The Morgan fingerprint density at radius 2 is 1.97 bits per heavy atom. The Labute approximate surface area is 202 Å². The van der Waals surface area contributed by atoms with Gasteiger partial charge in [-0.15, -0.1) is 0 Å². The van der Waals surface area contributed by atoms with E-state index in [-0.39, 0.29) is 42.5 Å². The molecule has 1 aliphatic heterocycles. The van der Waals surface area contributed by atoms with Gasteiger partial charge in [-0.05, 0) is 39.7 Å². The van der Waals surface area contributed by atoms with Gasteiger partial charge in [-0.1, -0.05) is 0 Å². The van der Waals surface area contributed by atoms with Gasteiger partial charge in [0.25, 0.3) is 5.95 Å². The van der Waals surface area contributed by atoms with Crippen LogP contribution in [0.2, 0.25) is 0 Å². The summed E-state index contributed by atoms with van der Waals surface area (Å²) in [6.45, 7) is 6.26. The second kappa shape index (κ2) is 9.74. The Kier molecular flexibility index (Phi) is 6.91. The number of nitrogens with zero attached hydrogens (tertiary/aromatic N) is 5. The maximum atomic E-state index is 13.6. The minimum absolute atomic E-state index is 0.164. The highest BCUT2D eigenvalue weighted by Crippen LogP contribution is 2.34. The molecule has 3 heterocycles. The molecule has 12 heteroatoms. The zero-order chi connectivity index (χ0) is 25.2. The number of aldehydes is 1. The van der Waals surface area contributed by atoms with Crippen LogP contribution in [0, 0.1) is 0 Å². The summed E-state index contributed by atoms with van der Waals surface area (Å²) in [5.74, 6) is -1.81. The lowest BCUT2D eigenvalue weighted by molar-refractivity contribution is -0.0361. The van der Waals surface area contributed by atoms with Crippen LogP contribution in [0.3, 0.4) is 0 Å². The smallest absolute Gasteiger partial charge is 0.410 e. The van der Waals surface area contributed by atoms with Crippen molar-refractivity contribution >= 4 is 18.2 Å². The van der Waals surface area contributed by atoms with E-state index >= 15 is 0 Å². The second-order valence-electron chi connectivity index (χ2n) is 9.92. The number of hydrogen-bond acceptors (Lipinski definition) is 8. The molecule has 0 aromatic carbocycles. The van der Waals surface area contributed by atoms with E-state index < -0.39 is 17.6 Å². The van der Waals surface area contributed by atoms with E-state index in [0.29, 0.717) is 44.5 Å². The molecule has 2 aromatic heterocycles. The summed E-state index contributed by atoms with van der Waals surface area (Å²) in [4.78, 5) is 33.9. The maximum absolute atomic E-state index is 13.6.